The predicted octanol–water partition coefficient (Wildman–Crippen LogP) is 1.86. The molecule has 4 nitrogen and oxygen atoms in total. The fourth-order valence-corrected chi connectivity index (χ4v) is 3.16. The number of aliphatic hydroxyl groups excluding tert-OH is 1. The first-order valence-corrected chi connectivity index (χ1v) is 8.27. The maximum Gasteiger partial charge on any atom is 0.0900 e. The van der Waals surface area contributed by atoms with Crippen molar-refractivity contribution in [2.45, 2.75) is 45.4 Å². The molecule has 2 N–H and O–H groups in total. The molecule has 1 atom stereocenters. The standard InChI is InChI=1S/C18H30N2O2/c1-14-4-5-16(15(2)10-14)11-19-17-6-8-20(9-7-17)12-18(21)13-22-3/h4-5,10,17-19,21H,6-9,11-13H2,1-3H3. The summed E-state index contributed by atoms with van der Waals surface area (Å²) < 4.78 is 4.98. The highest BCUT2D eigenvalue weighted by Gasteiger charge is 2.20. The molecule has 0 spiro atoms. The summed E-state index contributed by atoms with van der Waals surface area (Å²) in [7, 11) is 1.63. The Balaban J connectivity index is 1.71. The van der Waals surface area contributed by atoms with Gasteiger partial charge >= 0.3 is 0 Å². The summed E-state index contributed by atoms with van der Waals surface area (Å²) in [5, 5.41) is 13.5. The van der Waals surface area contributed by atoms with Gasteiger partial charge in [-0.15, -0.1) is 0 Å². The first-order chi connectivity index (χ1) is 10.6. The van der Waals surface area contributed by atoms with Gasteiger partial charge < -0.3 is 20.1 Å². The Morgan fingerprint density at radius 1 is 1.32 bits per heavy atom. The number of aryl methyl sites for hydroxylation is 2. The van der Waals surface area contributed by atoms with E-state index in [0.717, 1.165) is 39.0 Å². The van der Waals surface area contributed by atoms with Gasteiger partial charge in [-0.2, -0.15) is 0 Å². The third-order valence-electron chi connectivity index (χ3n) is 4.49. The molecular weight excluding hydrogens is 276 g/mol. The largest absolute Gasteiger partial charge is 0.389 e. The minimum atomic E-state index is -0.371. The van der Waals surface area contributed by atoms with Crippen molar-refractivity contribution in [1.82, 2.24) is 10.2 Å². The van der Waals surface area contributed by atoms with Crippen LogP contribution in [0.5, 0.6) is 0 Å². The second-order valence-corrected chi connectivity index (χ2v) is 6.49. The molecule has 0 amide bonds. The highest BCUT2D eigenvalue weighted by atomic mass is 16.5. The monoisotopic (exact) mass is 306 g/mol. The maximum absolute atomic E-state index is 9.79. The molecule has 1 saturated heterocycles. The normalized spacial score (nSPS) is 18.5. The number of nitrogens with one attached hydrogen (secondary N) is 1. The van der Waals surface area contributed by atoms with Crippen LogP contribution in [0.3, 0.4) is 0 Å². The number of piperidine rings is 1. The number of rotatable bonds is 7. The highest BCUT2D eigenvalue weighted by molar-refractivity contribution is 5.30. The number of aliphatic hydroxyl groups is 1. The molecule has 1 aromatic rings. The average Bonchev–Trinajstić information content (AvgIpc) is 2.48. The Labute approximate surface area is 134 Å². The molecule has 0 radical (unpaired) electrons. The van der Waals surface area contributed by atoms with Gasteiger partial charge in [0.15, 0.2) is 0 Å². The Bertz CT molecular complexity index is 456. The van der Waals surface area contributed by atoms with E-state index in [0.29, 0.717) is 12.6 Å². The van der Waals surface area contributed by atoms with Crippen molar-refractivity contribution >= 4 is 0 Å². The van der Waals surface area contributed by atoms with E-state index in [1.807, 2.05) is 0 Å². The van der Waals surface area contributed by atoms with Crippen molar-refractivity contribution in [3.05, 3.63) is 34.9 Å². The van der Waals surface area contributed by atoms with Gasteiger partial charge in [-0.25, -0.2) is 0 Å². The quantitative estimate of drug-likeness (QED) is 0.807. The third-order valence-corrected chi connectivity index (χ3v) is 4.49. The molecule has 1 unspecified atom stereocenters. The van der Waals surface area contributed by atoms with Crippen molar-refractivity contribution in [3.8, 4) is 0 Å². The van der Waals surface area contributed by atoms with E-state index in [-0.39, 0.29) is 6.10 Å². The van der Waals surface area contributed by atoms with Crippen molar-refractivity contribution in [2.75, 3.05) is 33.4 Å². The molecular formula is C18H30N2O2. The third kappa shape index (κ3) is 5.36. The minimum Gasteiger partial charge on any atom is -0.389 e. The zero-order chi connectivity index (χ0) is 15.9. The van der Waals surface area contributed by atoms with Gasteiger partial charge in [0.05, 0.1) is 12.7 Å². The fraction of sp³-hybridized carbons (Fsp3) is 0.667. The van der Waals surface area contributed by atoms with Gasteiger partial charge in [0.1, 0.15) is 0 Å². The molecule has 124 valence electrons. The molecule has 1 heterocycles. The van der Waals surface area contributed by atoms with Crippen molar-refractivity contribution in [2.24, 2.45) is 0 Å². The number of ether oxygens (including phenoxy) is 1. The van der Waals surface area contributed by atoms with Crippen LogP contribution in [0.25, 0.3) is 0 Å². The van der Waals surface area contributed by atoms with Crippen LogP contribution in [0.4, 0.5) is 0 Å². The fourth-order valence-electron chi connectivity index (χ4n) is 3.16. The van der Waals surface area contributed by atoms with Crippen LogP contribution in [-0.2, 0) is 11.3 Å². The highest BCUT2D eigenvalue weighted by Crippen LogP contribution is 2.14. The van der Waals surface area contributed by atoms with Crippen LogP contribution < -0.4 is 5.32 Å². The summed E-state index contributed by atoms with van der Waals surface area (Å²) in [5.74, 6) is 0. The van der Waals surface area contributed by atoms with E-state index < -0.39 is 0 Å². The number of likely N-dealkylation sites (tertiary alicyclic amines) is 1. The van der Waals surface area contributed by atoms with Gasteiger partial charge in [-0.1, -0.05) is 23.8 Å². The lowest BCUT2D eigenvalue weighted by atomic mass is 10.0. The number of benzene rings is 1. The topological polar surface area (TPSA) is 44.7 Å². The molecule has 0 aromatic heterocycles. The summed E-state index contributed by atoms with van der Waals surface area (Å²) in [4.78, 5) is 2.33. The van der Waals surface area contributed by atoms with Gasteiger partial charge in [-0.05, 0) is 50.9 Å². The van der Waals surface area contributed by atoms with Crippen LogP contribution in [0, 0.1) is 13.8 Å². The van der Waals surface area contributed by atoms with Crippen molar-refractivity contribution < 1.29 is 9.84 Å². The van der Waals surface area contributed by atoms with Gasteiger partial charge in [-0.3, -0.25) is 0 Å². The molecule has 0 bridgehead atoms. The van der Waals surface area contributed by atoms with E-state index in [1.54, 1.807) is 7.11 Å². The molecule has 4 heteroatoms. The van der Waals surface area contributed by atoms with Crippen molar-refractivity contribution in [1.29, 1.82) is 0 Å². The number of hydrogen-bond donors (Lipinski definition) is 2. The second-order valence-electron chi connectivity index (χ2n) is 6.49. The molecule has 1 aliphatic rings. The predicted molar refractivity (Wildman–Crippen MR) is 90.1 cm³/mol. The Kier molecular flexibility index (Phi) is 6.83. The second kappa shape index (κ2) is 8.63. The lowest BCUT2D eigenvalue weighted by Gasteiger charge is -2.33. The summed E-state index contributed by atoms with van der Waals surface area (Å²) in [6.45, 7) is 8.50. The van der Waals surface area contributed by atoms with Crippen molar-refractivity contribution in [3.63, 3.8) is 0 Å². The van der Waals surface area contributed by atoms with Gasteiger partial charge in [0.2, 0.25) is 0 Å². The lowest BCUT2D eigenvalue weighted by molar-refractivity contribution is 0.0310. The number of methoxy groups -OCH3 is 1. The van der Waals surface area contributed by atoms with E-state index in [4.69, 9.17) is 4.74 Å². The number of hydrogen-bond acceptors (Lipinski definition) is 4. The Morgan fingerprint density at radius 3 is 2.68 bits per heavy atom. The first kappa shape index (κ1) is 17.4. The lowest BCUT2D eigenvalue weighted by Crippen LogP contribution is -2.45. The van der Waals surface area contributed by atoms with Crippen LogP contribution >= 0.6 is 0 Å². The molecule has 0 saturated carbocycles. The first-order valence-electron chi connectivity index (χ1n) is 8.27. The van der Waals surface area contributed by atoms with Crippen LogP contribution in [0.15, 0.2) is 18.2 Å². The SMILES string of the molecule is COCC(O)CN1CCC(NCc2ccc(C)cc2C)CC1. The van der Waals surface area contributed by atoms with Crippen LogP contribution in [-0.4, -0.2) is 55.5 Å². The van der Waals surface area contributed by atoms with Crippen LogP contribution in [0.1, 0.15) is 29.5 Å². The van der Waals surface area contributed by atoms with E-state index in [2.05, 4.69) is 42.3 Å². The van der Waals surface area contributed by atoms with Gasteiger partial charge in [0, 0.05) is 26.2 Å². The summed E-state index contributed by atoms with van der Waals surface area (Å²) in [6.07, 6.45) is 1.92. The Morgan fingerprint density at radius 2 is 2.05 bits per heavy atom. The zero-order valence-electron chi connectivity index (χ0n) is 14.1. The summed E-state index contributed by atoms with van der Waals surface area (Å²) >= 11 is 0. The number of β-amino-alcohol motifs (C(OH)–C–C–N with tert-alkyl or cyclic N) is 1. The van der Waals surface area contributed by atoms with Crippen LogP contribution in [0.2, 0.25) is 0 Å². The molecule has 22 heavy (non-hydrogen) atoms. The Hall–Kier alpha value is -0.940. The summed E-state index contributed by atoms with van der Waals surface area (Å²) in [5.41, 5.74) is 4.08. The minimum absolute atomic E-state index is 0.371. The zero-order valence-corrected chi connectivity index (χ0v) is 14.1. The molecule has 0 aliphatic carbocycles. The number of nitrogens with zero attached hydrogens (tertiary/aromatic N) is 1. The van der Waals surface area contributed by atoms with Gasteiger partial charge in [0.25, 0.3) is 0 Å². The average molecular weight is 306 g/mol. The van der Waals surface area contributed by atoms with E-state index in [1.165, 1.54) is 16.7 Å². The van der Waals surface area contributed by atoms with E-state index in [9.17, 15) is 5.11 Å². The summed E-state index contributed by atoms with van der Waals surface area (Å²) in [6, 6.07) is 7.24. The van der Waals surface area contributed by atoms with E-state index >= 15 is 0 Å². The maximum atomic E-state index is 9.79. The molecule has 2 rings (SSSR count). The molecule has 1 aliphatic heterocycles. The molecule has 1 aromatic carbocycles. The smallest absolute Gasteiger partial charge is 0.0900 e. The molecule has 1 fully saturated rings.